The first-order chi connectivity index (χ1) is 14.2. The van der Waals surface area contributed by atoms with E-state index in [0.29, 0.717) is 22.7 Å². The van der Waals surface area contributed by atoms with E-state index in [2.05, 4.69) is 30.6 Å². The van der Waals surface area contributed by atoms with Crippen molar-refractivity contribution in [1.82, 2.24) is 19.9 Å². The third-order valence-corrected chi connectivity index (χ3v) is 6.14. The number of thiazole rings is 1. The summed E-state index contributed by atoms with van der Waals surface area (Å²) >= 11 is 1.57. The number of hydrogen-bond acceptors (Lipinski definition) is 8. The number of nitrogens with two attached hydrogens (primary N) is 1. The molecule has 3 aromatic heterocycles. The number of aromatic nitrogens is 4. The molecule has 9 heteroatoms. The molecule has 1 aliphatic rings. The standard InChI is InChI=1S/C20H21N7OS/c21-12-3-1-2-4-13(12)25-20-26-15-7-8-22-19(28)17(15)18(27-20)24-11-5-6-14-16(9-11)29-10-23-14/h5-10,12-13H,1-4,21H2,(H,22,28)(H2,24,25,26,27)/t12-,13+/m0/s1. The third-order valence-electron chi connectivity index (χ3n) is 5.35. The van der Waals surface area contributed by atoms with Crippen LogP contribution in [0.25, 0.3) is 21.1 Å². The van der Waals surface area contributed by atoms with Gasteiger partial charge in [-0.1, -0.05) is 12.8 Å². The van der Waals surface area contributed by atoms with E-state index in [1.54, 1.807) is 23.6 Å². The smallest absolute Gasteiger partial charge is 0.261 e. The van der Waals surface area contributed by atoms with Gasteiger partial charge in [-0.15, -0.1) is 11.3 Å². The second kappa shape index (κ2) is 7.41. The molecule has 0 unspecified atom stereocenters. The SMILES string of the molecule is N[C@H]1CCCC[C@H]1Nc1nc(Nc2ccc3ncsc3c2)c2c(=O)[nH]ccc2n1. The van der Waals surface area contributed by atoms with Crippen LogP contribution in [0.2, 0.25) is 0 Å². The fraction of sp³-hybridized carbons (Fsp3) is 0.300. The van der Waals surface area contributed by atoms with Crippen molar-refractivity contribution < 1.29 is 0 Å². The number of hydrogen-bond donors (Lipinski definition) is 4. The van der Waals surface area contributed by atoms with Crippen molar-refractivity contribution >= 4 is 49.9 Å². The molecule has 0 spiro atoms. The summed E-state index contributed by atoms with van der Waals surface area (Å²) in [6, 6.07) is 7.86. The average molecular weight is 408 g/mol. The van der Waals surface area contributed by atoms with Crippen LogP contribution >= 0.6 is 11.3 Å². The van der Waals surface area contributed by atoms with Crippen molar-refractivity contribution in [2.45, 2.75) is 37.8 Å². The third kappa shape index (κ3) is 3.54. The van der Waals surface area contributed by atoms with Gasteiger partial charge in [-0.3, -0.25) is 4.79 Å². The highest BCUT2D eigenvalue weighted by atomic mass is 32.1. The fourth-order valence-electron chi connectivity index (χ4n) is 3.82. The van der Waals surface area contributed by atoms with Gasteiger partial charge in [0.25, 0.3) is 5.56 Å². The number of nitrogens with zero attached hydrogens (tertiary/aromatic N) is 3. The van der Waals surface area contributed by atoms with Crippen molar-refractivity contribution in [2.24, 2.45) is 5.73 Å². The first-order valence-corrected chi connectivity index (χ1v) is 10.6. The molecule has 2 atom stereocenters. The lowest BCUT2D eigenvalue weighted by Gasteiger charge is -2.29. The van der Waals surface area contributed by atoms with Crippen molar-refractivity contribution in [1.29, 1.82) is 0 Å². The summed E-state index contributed by atoms with van der Waals surface area (Å²) in [6.07, 6.45) is 5.87. The number of benzene rings is 1. The molecule has 0 bridgehead atoms. The van der Waals surface area contributed by atoms with E-state index >= 15 is 0 Å². The Balaban J connectivity index is 1.55. The molecule has 5 rings (SSSR count). The van der Waals surface area contributed by atoms with Crippen LogP contribution < -0.4 is 21.9 Å². The molecule has 0 amide bonds. The number of aromatic amines is 1. The first-order valence-electron chi connectivity index (χ1n) is 9.69. The summed E-state index contributed by atoms with van der Waals surface area (Å²) in [7, 11) is 0. The molecule has 29 heavy (non-hydrogen) atoms. The van der Waals surface area contributed by atoms with E-state index in [4.69, 9.17) is 5.73 Å². The van der Waals surface area contributed by atoms with Crippen LogP contribution in [0.4, 0.5) is 17.5 Å². The highest BCUT2D eigenvalue weighted by molar-refractivity contribution is 7.16. The Morgan fingerprint density at radius 3 is 2.93 bits per heavy atom. The molecular formula is C20H21N7OS. The maximum atomic E-state index is 12.5. The molecule has 1 aliphatic carbocycles. The van der Waals surface area contributed by atoms with Gasteiger partial charge < -0.3 is 21.4 Å². The molecule has 1 saturated carbocycles. The van der Waals surface area contributed by atoms with Crippen LogP contribution in [0.15, 0.2) is 40.8 Å². The Bertz CT molecular complexity index is 1230. The molecule has 0 saturated heterocycles. The van der Waals surface area contributed by atoms with E-state index in [1.165, 1.54) is 0 Å². The number of rotatable bonds is 4. The lowest BCUT2D eigenvalue weighted by molar-refractivity contribution is 0.402. The number of H-pyrrole nitrogens is 1. The highest BCUT2D eigenvalue weighted by Crippen LogP contribution is 2.27. The summed E-state index contributed by atoms with van der Waals surface area (Å²) < 4.78 is 1.06. The van der Waals surface area contributed by atoms with E-state index in [1.807, 2.05) is 23.7 Å². The van der Waals surface area contributed by atoms with E-state index < -0.39 is 0 Å². The van der Waals surface area contributed by atoms with Crippen molar-refractivity contribution in [3.05, 3.63) is 46.3 Å². The summed E-state index contributed by atoms with van der Waals surface area (Å²) in [6.45, 7) is 0. The zero-order valence-corrected chi connectivity index (χ0v) is 16.5. The lowest BCUT2D eigenvalue weighted by atomic mass is 9.91. The van der Waals surface area contributed by atoms with Gasteiger partial charge in [0.05, 0.1) is 21.2 Å². The predicted octanol–water partition coefficient (Wildman–Crippen LogP) is 3.35. The number of pyridine rings is 1. The van der Waals surface area contributed by atoms with Gasteiger partial charge in [-0.2, -0.15) is 4.98 Å². The van der Waals surface area contributed by atoms with E-state index in [-0.39, 0.29) is 17.6 Å². The molecule has 4 aromatic rings. The molecule has 148 valence electrons. The van der Waals surface area contributed by atoms with Crippen molar-refractivity contribution in [3.63, 3.8) is 0 Å². The Kier molecular flexibility index (Phi) is 4.61. The van der Waals surface area contributed by atoms with Gasteiger partial charge in [0, 0.05) is 24.0 Å². The highest BCUT2D eigenvalue weighted by Gasteiger charge is 2.23. The van der Waals surface area contributed by atoms with E-state index in [9.17, 15) is 4.79 Å². The van der Waals surface area contributed by atoms with Crippen LogP contribution in [0.1, 0.15) is 25.7 Å². The number of nitrogens with one attached hydrogen (secondary N) is 3. The summed E-state index contributed by atoms with van der Waals surface area (Å²) in [5.41, 5.74) is 10.2. The summed E-state index contributed by atoms with van der Waals surface area (Å²) in [4.78, 5) is 28.7. The quantitative estimate of drug-likeness (QED) is 0.409. The second-order valence-corrected chi connectivity index (χ2v) is 8.21. The van der Waals surface area contributed by atoms with Gasteiger partial charge in [0.15, 0.2) is 0 Å². The first kappa shape index (κ1) is 18.0. The van der Waals surface area contributed by atoms with Crippen molar-refractivity contribution in [2.75, 3.05) is 10.6 Å². The zero-order chi connectivity index (χ0) is 19.8. The molecule has 3 heterocycles. The van der Waals surface area contributed by atoms with Gasteiger partial charge in [0.2, 0.25) is 5.95 Å². The minimum absolute atomic E-state index is 0.0763. The van der Waals surface area contributed by atoms with Crippen molar-refractivity contribution in [3.8, 4) is 0 Å². The van der Waals surface area contributed by atoms with Gasteiger partial charge in [-0.05, 0) is 37.1 Å². The fourth-order valence-corrected chi connectivity index (χ4v) is 4.54. The molecule has 5 N–H and O–H groups in total. The Morgan fingerprint density at radius 2 is 2.03 bits per heavy atom. The second-order valence-electron chi connectivity index (χ2n) is 7.32. The maximum absolute atomic E-state index is 12.5. The molecule has 1 aromatic carbocycles. The van der Waals surface area contributed by atoms with Crippen LogP contribution in [0.3, 0.4) is 0 Å². The molecule has 0 radical (unpaired) electrons. The Morgan fingerprint density at radius 1 is 1.14 bits per heavy atom. The lowest BCUT2D eigenvalue weighted by Crippen LogP contribution is -2.43. The minimum Gasteiger partial charge on any atom is -0.350 e. The van der Waals surface area contributed by atoms with Gasteiger partial charge in [0.1, 0.15) is 11.2 Å². The topological polar surface area (TPSA) is 122 Å². The van der Waals surface area contributed by atoms with Crippen LogP contribution in [0, 0.1) is 0 Å². The summed E-state index contributed by atoms with van der Waals surface area (Å²) in [5, 5.41) is 7.11. The van der Waals surface area contributed by atoms with Crippen LogP contribution in [-0.4, -0.2) is 32.0 Å². The predicted molar refractivity (Wildman–Crippen MR) is 117 cm³/mol. The average Bonchev–Trinajstić information content (AvgIpc) is 3.17. The summed E-state index contributed by atoms with van der Waals surface area (Å²) in [5.74, 6) is 0.944. The van der Waals surface area contributed by atoms with Crippen LogP contribution in [-0.2, 0) is 0 Å². The number of fused-ring (bicyclic) bond motifs is 2. The molecule has 8 nitrogen and oxygen atoms in total. The maximum Gasteiger partial charge on any atom is 0.261 e. The normalized spacial score (nSPS) is 19.5. The minimum atomic E-state index is -0.232. The molecule has 0 aliphatic heterocycles. The van der Waals surface area contributed by atoms with Gasteiger partial charge >= 0.3 is 0 Å². The molecule has 1 fully saturated rings. The zero-order valence-electron chi connectivity index (χ0n) is 15.7. The monoisotopic (exact) mass is 407 g/mol. The van der Waals surface area contributed by atoms with Gasteiger partial charge in [-0.25, -0.2) is 9.97 Å². The number of anilines is 3. The Hall–Kier alpha value is -3.04. The molecular weight excluding hydrogens is 386 g/mol. The Labute approximate surface area is 170 Å². The van der Waals surface area contributed by atoms with Crippen LogP contribution in [0.5, 0.6) is 0 Å². The van der Waals surface area contributed by atoms with E-state index in [0.717, 1.165) is 41.6 Å². The largest absolute Gasteiger partial charge is 0.350 e.